The van der Waals surface area contributed by atoms with Crippen LogP contribution in [0.5, 0.6) is 5.75 Å². The number of nitrogens with one attached hydrogen (secondary N) is 2. The molecule has 1 aromatic carbocycles. The molecule has 0 bridgehead atoms. The number of aromatic nitrogens is 3. The number of hydrogen-bond donors (Lipinski definition) is 2. The molecule has 10 heteroatoms. The van der Waals surface area contributed by atoms with Gasteiger partial charge >= 0.3 is 0 Å². The van der Waals surface area contributed by atoms with Crippen LogP contribution in [0.15, 0.2) is 46.0 Å². The van der Waals surface area contributed by atoms with Crippen molar-refractivity contribution < 1.29 is 13.5 Å². The maximum absolute atomic E-state index is 13.9. The maximum Gasteiger partial charge on any atom is 0.216 e. The van der Waals surface area contributed by atoms with E-state index in [9.17, 15) is 4.39 Å². The van der Waals surface area contributed by atoms with Crippen LogP contribution in [0, 0.1) is 5.82 Å². The molecule has 0 atom stereocenters. The third kappa shape index (κ3) is 5.92. The van der Waals surface area contributed by atoms with Gasteiger partial charge in [-0.15, -0.1) is 29.1 Å². The molecular weight excluding hydrogens is 490 g/mol. The molecule has 0 aliphatic carbocycles. The van der Waals surface area contributed by atoms with Crippen LogP contribution in [-0.2, 0) is 13.1 Å². The number of methoxy groups -OCH3 is 1. The monoisotopic (exact) mass is 514 g/mol. The average molecular weight is 514 g/mol. The summed E-state index contributed by atoms with van der Waals surface area (Å²) in [5.74, 6) is 2.21. The van der Waals surface area contributed by atoms with E-state index in [1.54, 1.807) is 24.5 Å². The van der Waals surface area contributed by atoms with E-state index >= 15 is 0 Å². The van der Waals surface area contributed by atoms with Crippen molar-refractivity contribution in [3.8, 4) is 17.3 Å². The zero-order chi connectivity index (χ0) is 19.9. The molecule has 3 aromatic rings. The molecule has 2 N–H and O–H groups in total. The quantitative estimate of drug-likeness (QED) is 0.285. The fourth-order valence-corrected chi connectivity index (χ4v) is 2.66. The molecule has 156 valence electrons. The van der Waals surface area contributed by atoms with E-state index in [1.165, 1.54) is 13.2 Å². The molecule has 0 radical (unpaired) electrons. The highest BCUT2D eigenvalue weighted by Crippen LogP contribution is 2.18. The molecule has 2 aromatic heterocycles. The topological polar surface area (TPSA) is 91.6 Å². The van der Waals surface area contributed by atoms with Crippen molar-refractivity contribution in [1.29, 1.82) is 0 Å². The Morgan fingerprint density at radius 2 is 2.21 bits per heavy atom. The lowest BCUT2D eigenvalue weighted by Crippen LogP contribution is -2.38. The summed E-state index contributed by atoms with van der Waals surface area (Å²) in [5.41, 5.74) is 0.811. The van der Waals surface area contributed by atoms with Crippen LogP contribution in [0.1, 0.15) is 18.3 Å². The molecule has 0 unspecified atom stereocenters. The van der Waals surface area contributed by atoms with Crippen molar-refractivity contribution in [3.05, 3.63) is 53.8 Å². The molecule has 0 amide bonds. The number of halogens is 2. The van der Waals surface area contributed by atoms with Gasteiger partial charge < -0.3 is 19.4 Å². The van der Waals surface area contributed by atoms with Gasteiger partial charge in [0.1, 0.15) is 12.4 Å². The Kier molecular flexibility index (Phi) is 8.43. The van der Waals surface area contributed by atoms with Crippen molar-refractivity contribution in [2.24, 2.45) is 4.99 Å². The summed E-state index contributed by atoms with van der Waals surface area (Å²) >= 11 is 0. The summed E-state index contributed by atoms with van der Waals surface area (Å²) in [6.45, 7) is 3.49. The van der Waals surface area contributed by atoms with Gasteiger partial charge in [-0.05, 0) is 36.8 Å². The number of aliphatic imine (C=N–C) groups is 1. The lowest BCUT2D eigenvalue weighted by Gasteiger charge is -2.22. The summed E-state index contributed by atoms with van der Waals surface area (Å²) in [7, 11) is 3.33. The van der Waals surface area contributed by atoms with E-state index in [0.29, 0.717) is 43.0 Å². The number of hydrogen-bond acceptors (Lipinski definition) is 5. The largest absolute Gasteiger partial charge is 0.494 e. The van der Waals surface area contributed by atoms with E-state index in [2.05, 4.69) is 25.5 Å². The van der Waals surface area contributed by atoms with Crippen molar-refractivity contribution in [3.63, 3.8) is 0 Å². The van der Waals surface area contributed by atoms with E-state index in [-0.39, 0.29) is 35.5 Å². The van der Waals surface area contributed by atoms with Crippen LogP contribution in [0.2, 0.25) is 0 Å². The second kappa shape index (κ2) is 10.8. The Hall–Kier alpha value is -2.63. The highest BCUT2D eigenvalue weighted by atomic mass is 127. The number of H-pyrrole nitrogens is 1. The summed E-state index contributed by atoms with van der Waals surface area (Å²) < 4.78 is 24.2. The number of aromatic amines is 1. The predicted octanol–water partition coefficient (Wildman–Crippen LogP) is 3.43. The van der Waals surface area contributed by atoms with E-state index in [1.807, 2.05) is 24.9 Å². The van der Waals surface area contributed by atoms with Gasteiger partial charge in [0, 0.05) is 20.1 Å². The summed E-state index contributed by atoms with van der Waals surface area (Å²) in [4.78, 5) is 10.9. The van der Waals surface area contributed by atoms with Crippen molar-refractivity contribution >= 4 is 29.9 Å². The fourth-order valence-electron chi connectivity index (χ4n) is 2.66. The molecule has 0 saturated heterocycles. The van der Waals surface area contributed by atoms with Crippen LogP contribution >= 0.6 is 24.0 Å². The molecule has 0 aliphatic heterocycles. The minimum atomic E-state index is -0.387. The lowest BCUT2D eigenvalue weighted by molar-refractivity contribution is 0.385. The Morgan fingerprint density at radius 1 is 1.38 bits per heavy atom. The molecule has 0 saturated carbocycles. The first-order chi connectivity index (χ1) is 13.6. The Morgan fingerprint density at radius 3 is 2.86 bits per heavy atom. The normalized spacial score (nSPS) is 11.1. The molecular formula is C19H24FIN6O2. The molecule has 3 rings (SSSR count). The first-order valence-electron chi connectivity index (χ1n) is 8.87. The SMILES string of the molecule is CCNC(=NCc1nc(-c2ccco2)n[nH]1)N(C)Cc1ccc(OC)c(F)c1.I. The molecule has 8 nitrogen and oxygen atoms in total. The summed E-state index contributed by atoms with van der Waals surface area (Å²) in [6, 6.07) is 8.48. The molecule has 0 spiro atoms. The minimum absolute atomic E-state index is 0. The van der Waals surface area contributed by atoms with Gasteiger partial charge in [0.2, 0.25) is 5.82 Å². The first kappa shape index (κ1) is 22.7. The van der Waals surface area contributed by atoms with Gasteiger partial charge in [0.05, 0.1) is 13.4 Å². The van der Waals surface area contributed by atoms with Gasteiger partial charge in [-0.3, -0.25) is 5.10 Å². The Bertz CT molecular complexity index is 929. The summed E-state index contributed by atoms with van der Waals surface area (Å²) in [6.07, 6.45) is 1.57. The summed E-state index contributed by atoms with van der Waals surface area (Å²) in [5, 5.41) is 10.2. The van der Waals surface area contributed by atoms with E-state index in [4.69, 9.17) is 9.15 Å². The second-order valence-corrected chi connectivity index (χ2v) is 6.08. The number of guanidine groups is 1. The average Bonchev–Trinajstić information content (AvgIpc) is 3.36. The molecule has 29 heavy (non-hydrogen) atoms. The Balaban J connectivity index is 0.00000300. The van der Waals surface area contributed by atoms with Gasteiger partial charge in [0.25, 0.3) is 0 Å². The van der Waals surface area contributed by atoms with Crippen LogP contribution in [0.4, 0.5) is 4.39 Å². The van der Waals surface area contributed by atoms with Gasteiger partial charge in [-0.2, -0.15) is 0 Å². The Labute approximate surface area is 185 Å². The molecule has 0 aliphatic rings. The maximum atomic E-state index is 13.9. The molecule has 0 fully saturated rings. The van der Waals surface area contributed by atoms with Crippen molar-refractivity contribution in [2.75, 3.05) is 20.7 Å². The van der Waals surface area contributed by atoms with Crippen LogP contribution in [-0.4, -0.2) is 46.7 Å². The first-order valence-corrected chi connectivity index (χ1v) is 8.87. The highest BCUT2D eigenvalue weighted by Gasteiger charge is 2.11. The smallest absolute Gasteiger partial charge is 0.216 e. The fraction of sp³-hybridized carbons (Fsp3) is 0.316. The standard InChI is InChI=1S/C19H23FN6O2.HI/c1-4-21-19(26(2)12-13-7-8-15(27-3)14(20)10-13)22-11-17-23-18(25-24-17)16-6-5-9-28-16;/h5-10H,4,11-12H2,1-3H3,(H,21,22)(H,23,24,25);1H. The van der Waals surface area contributed by atoms with E-state index in [0.717, 1.165) is 5.56 Å². The zero-order valence-corrected chi connectivity index (χ0v) is 18.8. The predicted molar refractivity (Wildman–Crippen MR) is 119 cm³/mol. The van der Waals surface area contributed by atoms with Crippen LogP contribution < -0.4 is 10.1 Å². The number of benzene rings is 1. The molecule has 2 heterocycles. The third-order valence-electron chi connectivity index (χ3n) is 3.98. The van der Waals surface area contributed by atoms with Crippen LogP contribution in [0.25, 0.3) is 11.6 Å². The highest BCUT2D eigenvalue weighted by molar-refractivity contribution is 14.0. The minimum Gasteiger partial charge on any atom is -0.494 e. The third-order valence-corrected chi connectivity index (χ3v) is 3.98. The second-order valence-electron chi connectivity index (χ2n) is 6.08. The van der Waals surface area contributed by atoms with Gasteiger partial charge in [-0.25, -0.2) is 14.4 Å². The lowest BCUT2D eigenvalue weighted by atomic mass is 10.2. The number of rotatable bonds is 7. The zero-order valence-electron chi connectivity index (χ0n) is 16.5. The van der Waals surface area contributed by atoms with E-state index < -0.39 is 0 Å². The van der Waals surface area contributed by atoms with Crippen molar-refractivity contribution in [1.82, 2.24) is 25.4 Å². The number of ether oxygens (including phenoxy) is 1. The van der Waals surface area contributed by atoms with Gasteiger partial charge in [0.15, 0.2) is 23.3 Å². The van der Waals surface area contributed by atoms with Crippen molar-refractivity contribution in [2.45, 2.75) is 20.0 Å². The van der Waals surface area contributed by atoms with Gasteiger partial charge in [-0.1, -0.05) is 6.07 Å². The number of furan rings is 1. The number of nitrogens with zero attached hydrogens (tertiary/aromatic N) is 4. The van der Waals surface area contributed by atoms with Crippen LogP contribution in [0.3, 0.4) is 0 Å².